The Morgan fingerprint density at radius 1 is 1.05 bits per heavy atom. The number of benzene rings is 1. The summed E-state index contributed by atoms with van der Waals surface area (Å²) in [5.74, 6) is 2.93. The normalized spacial score (nSPS) is 18.2. The van der Waals surface area contributed by atoms with Crippen molar-refractivity contribution in [2.45, 2.75) is 38.6 Å². The van der Waals surface area contributed by atoms with Crippen molar-refractivity contribution in [2.24, 2.45) is 17.6 Å². The fraction of sp³-hybridized carbons (Fsp3) is 0.667. The zero-order valence-corrected chi connectivity index (χ0v) is 13.0. The lowest BCUT2D eigenvalue weighted by molar-refractivity contribution is 0.220. The second-order valence-corrected chi connectivity index (χ2v) is 6.66. The molecule has 0 atom stereocenters. The van der Waals surface area contributed by atoms with Gasteiger partial charge >= 0.3 is 0 Å². The third kappa shape index (κ3) is 5.01. The molecular weight excluding hydrogens is 260 g/mol. The average molecular weight is 288 g/mol. The lowest BCUT2D eigenvalue weighted by atomic mass is 10.2. The monoisotopic (exact) mass is 288 g/mol. The molecule has 0 amide bonds. The van der Waals surface area contributed by atoms with Crippen LogP contribution in [0.15, 0.2) is 24.3 Å². The molecule has 2 aliphatic carbocycles. The zero-order chi connectivity index (χ0) is 14.5. The van der Waals surface area contributed by atoms with E-state index in [4.69, 9.17) is 10.5 Å². The molecule has 0 aliphatic heterocycles. The molecule has 0 unspecified atom stereocenters. The first-order valence-electron chi connectivity index (χ1n) is 8.48. The highest BCUT2D eigenvalue weighted by atomic mass is 16.5. The highest BCUT2D eigenvalue weighted by Crippen LogP contribution is 2.33. The number of ether oxygens (including phenoxy) is 1. The fourth-order valence-electron chi connectivity index (χ4n) is 2.87. The van der Waals surface area contributed by atoms with Gasteiger partial charge in [0.25, 0.3) is 0 Å². The van der Waals surface area contributed by atoms with Crippen LogP contribution >= 0.6 is 0 Å². The second kappa shape index (κ2) is 7.28. The molecule has 0 spiro atoms. The van der Waals surface area contributed by atoms with Crippen molar-refractivity contribution in [1.82, 2.24) is 4.90 Å². The predicted molar refractivity (Wildman–Crippen MR) is 86.3 cm³/mol. The molecule has 21 heavy (non-hydrogen) atoms. The molecule has 0 bridgehead atoms. The van der Waals surface area contributed by atoms with Gasteiger partial charge in [0.1, 0.15) is 5.75 Å². The van der Waals surface area contributed by atoms with Gasteiger partial charge in [0.05, 0.1) is 6.61 Å². The first-order chi connectivity index (χ1) is 10.3. The number of hydrogen-bond donors (Lipinski definition) is 1. The molecule has 3 nitrogen and oxygen atoms in total. The van der Waals surface area contributed by atoms with E-state index in [2.05, 4.69) is 4.90 Å². The summed E-state index contributed by atoms with van der Waals surface area (Å²) in [4.78, 5) is 2.67. The van der Waals surface area contributed by atoms with Crippen LogP contribution in [-0.2, 0) is 6.54 Å². The van der Waals surface area contributed by atoms with Gasteiger partial charge in [-0.1, -0.05) is 18.2 Å². The predicted octanol–water partition coefficient (Wildman–Crippen LogP) is 3.04. The van der Waals surface area contributed by atoms with E-state index in [1.807, 2.05) is 24.3 Å². The molecule has 1 aromatic carbocycles. The Bertz CT molecular complexity index is 427. The number of hydrogen-bond acceptors (Lipinski definition) is 3. The van der Waals surface area contributed by atoms with E-state index in [1.54, 1.807) is 0 Å². The summed E-state index contributed by atoms with van der Waals surface area (Å²) in [7, 11) is 0. The number of rotatable bonds is 10. The molecule has 2 fully saturated rings. The van der Waals surface area contributed by atoms with Gasteiger partial charge in [-0.3, -0.25) is 0 Å². The van der Waals surface area contributed by atoms with Crippen LogP contribution in [0.4, 0.5) is 0 Å². The molecule has 2 aliphatic rings. The molecular formula is C18H28N2O. The number of nitrogens with zero attached hydrogens (tertiary/aromatic N) is 1. The molecule has 116 valence electrons. The van der Waals surface area contributed by atoms with Gasteiger partial charge in [0.2, 0.25) is 0 Å². The summed E-state index contributed by atoms with van der Waals surface area (Å²) in [6.45, 7) is 5.15. The summed E-state index contributed by atoms with van der Waals surface area (Å²) in [5.41, 5.74) is 6.84. The third-order valence-electron chi connectivity index (χ3n) is 4.50. The quantitative estimate of drug-likeness (QED) is 0.673. The SMILES string of the molecule is NCc1ccccc1OCCCN(CC1CC1)CC1CC1. The topological polar surface area (TPSA) is 38.5 Å². The van der Waals surface area contributed by atoms with Crippen LogP contribution in [0.25, 0.3) is 0 Å². The molecule has 0 saturated heterocycles. The number of nitrogens with two attached hydrogens (primary N) is 1. The Morgan fingerprint density at radius 3 is 2.33 bits per heavy atom. The van der Waals surface area contributed by atoms with E-state index in [0.29, 0.717) is 6.54 Å². The van der Waals surface area contributed by atoms with E-state index in [9.17, 15) is 0 Å². The number of para-hydroxylation sites is 1. The van der Waals surface area contributed by atoms with E-state index in [-0.39, 0.29) is 0 Å². The van der Waals surface area contributed by atoms with Gasteiger partial charge in [-0.2, -0.15) is 0 Å². The van der Waals surface area contributed by atoms with Crippen molar-refractivity contribution in [1.29, 1.82) is 0 Å². The summed E-state index contributed by atoms with van der Waals surface area (Å²) in [5, 5.41) is 0. The molecule has 1 aromatic rings. The molecule has 3 rings (SSSR count). The summed E-state index contributed by atoms with van der Waals surface area (Å²) >= 11 is 0. The van der Waals surface area contributed by atoms with Crippen molar-refractivity contribution in [3.63, 3.8) is 0 Å². The Hall–Kier alpha value is -1.06. The van der Waals surface area contributed by atoms with Crippen LogP contribution in [0.2, 0.25) is 0 Å². The zero-order valence-electron chi connectivity index (χ0n) is 13.0. The van der Waals surface area contributed by atoms with Gasteiger partial charge in [-0.25, -0.2) is 0 Å². The largest absolute Gasteiger partial charge is 0.493 e. The summed E-state index contributed by atoms with van der Waals surface area (Å²) < 4.78 is 5.91. The van der Waals surface area contributed by atoms with Crippen molar-refractivity contribution in [2.75, 3.05) is 26.2 Å². The lowest BCUT2D eigenvalue weighted by Gasteiger charge is -2.22. The Balaban J connectivity index is 1.39. The lowest BCUT2D eigenvalue weighted by Crippen LogP contribution is -2.30. The second-order valence-electron chi connectivity index (χ2n) is 6.66. The van der Waals surface area contributed by atoms with Crippen LogP contribution in [0.1, 0.15) is 37.7 Å². The summed E-state index contributed by atoms with van der Waals surface area (Å²) in [6, 6.07) is 8.10. The average Bonchev–Trinajstić information content (AvgIpc) is 3.40. The van der Waals surface area contributed by atoms with Crippen LogP contribution in [0.5, 0.6) is 5.75 Å². The van der Waals surface area contributed by atoms with E-state index >= 15 is 0 Å². The van der Waals surface area contributed by atoms with E-state index in [0.717, 1.165) is 36.2 Å². The minimum atomic E-state index is 0.547. The van der Waals surface area contributed by atoms with Gasteiger partial charge < -0.3 is 15.4 Å². The molecule has 2 saturated carbocycles. The van der Waals surface area contributed by atoms with Crippen molar-refractivity contribution in [3.8, 4) is 5.75 Å². The van der Waals surface area contributed by atoms with Crippen molar-refractivity contribution >= 4 is 0 Å². The van der Waals surface area contributed by atoms with E-state index < -0.39 is 0 Å². The van der Waals surface area contributed by atoms with Gasteiger partial charge in [-0.05, 0) is 50.0 Å². The summed E-state index contributed by atoms with van der Waals surface area (Å²) in [6.07, 6.45) is 6.89. The van der Waals surface area contributed by atoms with Crippen molar-refractivity contribution in [3.05, 3.63) is 29.8 Å². The first-order valence-corrected chi connectivity index (χ1v) is 8.48. The van der Waals surface area contributed by atoms with Crippen LogP contribution in [-0.4, -0.2) is 31.1 Å². The van der Waals surface area contributed by atoms with Gasteiger partial charge in [0, 0.05) is 31.7 Å². The van der Waals surface area contributed by atoms with Crippen LogP contribution < -0.4 is 10.5 Å². The molecule has 0 radical (unpaired) electrons. The maximum Gasteiger partial charge on any atom is 0.123 e. The fourth-order valence-corrected chi connectivity index (χ4v) is 2.87. The maximum atomic E-state index is 5.91. The first kappa shape index (κ1) is 14.9. The smallest absolute Gasteiger partial charge is 0.123 e. The van der Waals surface area contributed by atoms with Crippen molar-refractivity contribution < 1.29 is 4.74 Å². The van der Waals surface area contributed by atoms with Gasteiger partial charge in [0.15, 0.2) is 0 Å². The third-order valence-corrected chi connectivity index (χ3v) is 4.50. The Kier molecular flexibility index (Phi) is 5.15. The van der Waals surface area contributed by atoms with Crippen LogP contribution in [0, 0.1) is 11.8 Å². The molecule has 2 N–H and O–H groups in total. The Labute approximate surface area is 128 Å². The highest BCUT2D eigenvalue weighted by Gasteiger charge is 2.28. The standard InChI is InChI=1S/C18H28N2O/c19-12-17-4-1-2-5-18(17)21-11-3-10-20(13-15-6-7-15)14-16-8-9-16/h1-2,4-5,15-16H,3,6-14,19H2. The molecule has 0 aromatic heterocycles. The minimum Gasteiger partial charge on any atom is -0.493 e. The van der Waals surface area contributed by atoms with Gasteiger partial charge in [-0.15, -0.1) is 0 Å². The minimum absolute atomic E-state index is 0.547. The van der Waals surface area contributed by atoms with Crippen LogP contribution in [0.3, 0.4) is 0 Å². The van der Waals surface area contributed by atoms with E-state index in [1.165, 1.54) is 45.3 Å². The highest BCUT2D eigenvalue weighted by molar-refractivity contribution is 5.32. The maximum absolute atomic E-state index is 5.91. The molecule has 3 heteroatoms. The molecule has 0 heterocycles. The Morgan fingerprint density at radius 2 is 1.71 bits per heavy atom.